The molecule has 0 bridgehead atoms. The Bertz CT molecular complexity index is 1410. The van der Waals surface area contributed by atoms with Gasteiger partial charge in [0, 0.05) is 35.9 Å². The summed E-state index contributed by atoms with van der Waals surface area (Å²) in [5.41, 5.74) is 1.05. The molecule has 0 saturated carbocycles. The van der Waals surface area contributed by atoms with E-state index < -0.39 is 33.3 Å². The second-order valence-electron chi connectivity index (χ2n) is 7.73. The van der Waals surface area contributed by atoms with Gasteiger partial charge in [-0.1, -0.05) is 0 Å². The molecule has 1 aliphatic heterocycles. The molecule has 0 spiro atoms. The smallest absolute Gasteiger partial charge is 0.365 e. The Morgan fingerprint density at radius 2 is 1.94 bits per heavy atom. The van der Waals surface area contributed by atoms with Crippen LogP contribution in [-0.2, 0) is 39.7 Å². The molecular weight excluding hydrogens is 489 g/mol. The zero-order valence-corrected chi connectivity index (χ0v) is 19.0. The molecule has 0 saturated heterocycles. The maximum absolute atomic E-state index is 13.6. The molecule has 11 nitrogen and oxygen atoms in total. The Labute approximate surface area is 197 Å². The zero-order chi connectivity index (χ0) is 25.4. The van der Waals surface area contributed by atoms with E-state index in [1.165, 1.54) is 6.20 Å². The number of nitrogens with zero attached hydrogens (tertiary/aromatic N) is 4. The van der Waals surface area contributed by atoms with Gasteiger partial charge in [-0.2, -0.15) is 18.2 Å². The summed E-state index contributed by atoms with van der Waals surface area (Å²) in [6, 6.07) is 4.96. The van der Waals surface area contributed by atoms with Gasteiger partial charge < -0.3 is 16.0 Å². The summed E-state index contributed by atoms with van der Waals surface area (Å²) in [5, 5.41) is 13.2. The van der Waals surface area contributed by atoms with Crippen molar-refractivity contribution in [3.8, 4) is 0 Å². The number of aryl methyl sites for hydroxylation is 1. The average Bonchev–Trinajstić information content (AvgIpc) is 3.10. The van der Waals surface area contributed by atoms with Crippen LogP contribution < -0.4 is 21.1 Å². The van der Waals surface area contributed by atoms with Crippen LogP contribution in [0.25, 0.3) is 0 Å². The number of primary sulfonamides is 1. The number of benzene rings is 1. The molecule has 4 rings (SSSR count). The number of carbonyl (C=O) groups is 1. The summed E-state index contributed by atoms with van der Waals surface area (Å²) in [4.78, 5) is 27.3. The minimum absolute atomic E-state index is 0.0646. The van der Waals surface area contributed by atoms with Gasteiger partial charge in [-0.3, -0.25) is 4.79 Å². The van der Waals surface area contributed by atoms with Crippen LogP contribution in [0.3, 0.4) is 0 Å². The van der Waals surface area contributed by atoms with E-state index in [4.69, 9.17) is 5.14 Å². The highest BCUT2D eigenvalue weighted by Gasteiger charge is 2.35. The van der Waals surface area contributed by atoms with Crippen LogP contribution in [0.1, 0.15) is 28.2 Å². The van der Waals surface area contributed by atoms with E-state index in [9.17, 15) is 26.4 Å². The summed E-state index contributed by atoms with van der Waals surface area (Å²) in [6.45, 7) is 1.29. The second kappa shape index (κ2) is 9.07. The van der Waals surface area contributed by atoms with Gasteiger partial charge in [0.15, 0.2) is 0 Å². The second-order valence-corrected chi connectivity index (χ2v) is 9.34. The van der Waals surface area contributed by atoms with Crippen molar-refractivity contribution in [2.45, 2.75) is 31.8 Å². The van der Waals surface area contributed by atoms with Gasteiger partial charge in [-0.15, -0.1) is 0 Å². The lowest BCUT2D eigenvalue weighted by Crippen LogP contribution is -2.19. The molecule has 1 amide bonds. The lowest BCUT2D eigenvalue weighted by atomic mass is 10.1. The standard InChI is InChI=1S/C20H19F3N8O3S/c1-10-25-6-12(16(28-10)9-35(24,33)34)7-26-18-14(20(21,22)23)8-27-19(31-18)29-13-2-3-15-11(4-13)5-17(32)30-15/h2-4,6,8H,5,7,9H2,1H3,(H,30,32)(H2,24,33,34)(H2,26,27,29,31). The molecule has 3 heterocycles. The normalized spacial score (nSPS) is 13.3. The highest BCUT2D eigenvalue weighted by atomic mass is 32.2. The fourth-order valence-corrected chi connectivity index (χ4v) is 4.04. The van der Waals surface area contributed by atoms with Crippen molar-refractivity contribution in [1.29, 1.82) is 0 Å². The number of hydrogen-bond donors (Lipinski definition) is 4. The number of amides is 1. The predicted molar refractivity (Wildman–Crippen MR) is 120 cm³/mol. The number of anilines is 4. The number of hydrogen-bond acceptors (Lipinski definition) is 9. The Hall–Kier alpha value is -3.85. The van der Waals surface area contributed by atoms with E-state index in [0.717, 1.165) is 5.56 Å². The van der Waals surface area contributed by atoms with Gasteiger partial charge in [-0.05, 0) is 30.7 Å². The van der Waals surface area contributed by atoms with Crippen molar-refractivity contribution in [1.82, 2.24) is 19.9 Å². The van der Waals surface area contributed by atoms with Gasteiger partial charge in [-0.25, -0.2) is 28.5 Å². The molecule has 1 aromatic carbocycles. The van der Waals surface area contributed by atoms with Crippen molar-refractivity contribution < 1.29 is 26.4 Å². The molecule has 0 radical (unpaired) electrons. The average molecular weight is 508 g/mol. The monoisotopic (exact) mass is 508 g/mol. The number of nitrogens with two attached hydrogens (primary N) is 1. The molecular formula is C20H19F3N8O3S. The van der Waals surface area contributed by atoms with Crippen LogP contribution in [0.4, 0.5) is 36.3 Å². The van der Waals surface area contributed by atoms with Crippen LogP contribution >= 0.6 is 0 Å². The Kier molecular flexibility index (Phi) is 6.29. The molecule has 15 heteroatoms. The molecule has 2 aromatic heterocycles. The third-order valence-corrected chi connectivity index (χ3v) is 5.62. The van der Waals surface area contributed by atoms with E-state index in [-0.39, 0.29) is 41.9 Å². The van der Waals surface area contributed by atoms with Crippen LogP contribution in [-0.4, -0.2) is 34.3 Å². The number of alkyl halides is 3. The van der Waals surface area contributed by atoms with Gasteiger partial charge in [0.05, 0.1) is 12.1 Å². The zero-order valence-electron chi connectivity index (χ0n) is 18.1. The van der Waals surface area contributed by atoms with E-state index in [1.807, 2.05) is 0 Å². The van der Waals surface area contributed by atoms with Crippen molar-refractivity contribution in [2.75, 3.05) is 16.0 Å². The number of aromatic nitrogens is 4. The summed E-state index contributed by atoms with van der Waals surface area (Å²) >= 11 is 0. The van der Waals surface area contributed by atoms with Gasteiger partial charge in [0.25, 0.3) is 0 Å². The molecule has 0 aliphatic carbocycles. The largest absolute Gasteiger partial charge is 0.421 e. The predicted octanol–water partition coefficient (Wildman–Crippen LogP) is 2.23. The highest BCUT2D eigenvalue weighted by molar-refractivity contribution is 7.88. The minimum Gasteiger partial charge on any atom is -0.365 e. The Morgan fingerprint density at radius 3 is 2.66 bits per heavy atom. The molecule has 184 valence electrons. The van der Waals surface area contributed by atoms with Crippen molar-refractivity contribution in [3.63, 3.8) is 0 Å². The van der Waals surface area contributed by atoms with Gasteiger partial charge in [0.1, 0.15) is 23.0 Å². The third-order valence-electron chi connectivity index (χ3n) is 4.94. The van der Waals surface area contributed by atoms with Crippen molar-refractivity contribution >= 4 is 39.1 Å². The number of nitrogens with one attached hydrogen (secondary N) is 3. The van der Waals surface area contributed by atoms with Crippen molar-refractivity contribution in [3.05, 3.63) is 58.8 Å². The van der Waals surface area contributed by atoms with Gasteiger partial charge in [0.2, 0.25) is 21.9 Å². The van der Waals surface area contributed by atoms with Crippen LogP contribution in [0, 0.1) is 6.92 Å². The van der Waals surface area contributed by atoms with E-state index >= 15 is 0 Å². The summed E-state index contributed by atoms with van der Waals surface area (Å²) in [6.07, 6.45) is -2.63. The Morgan fingerprint density at radius 1 is 1.17 bits per heavy atom. The van der Waals surface area contributed by atoms with E-state index in [0.29, 0.717) is 17.6 Å². The number of halogens is 3. The number of rotatable bonds is 7. The first-order valence-electron chi connectivity index (χ1n) is 10.1. The highest BCUT2D eigenvalue weighted by Crippen LogP contribution is 2.35. The molecule has 0 unspecified atom stereocenters. The first kappa shape index (κ1) is 24.3. The van der Waals surface area contributed by atoms with Crippen LogP contribution in [0.5, 0.6) is 0 Å². The van der Waals surface area contributed by atoms with E-state index in [1.54, 1.807) is 25.1 Å². The first-order chi connectivity index (χ1) is 16.4. The molecule has 0 atom stereocenters. The van der Waals surface area contributed by atoms with Gasteiger partial charge >= 0.3 is 6.18 Å². The van der Waals surface area contributed by atoms with E-state index in [2.05, 4.69) is 35.9 Å². The molecule has 1 aliphatic rings. The summed E-state index contributed by atoms with van der Waals surface area (Å²) < 4.78 is 63.8. The lowest BCUT2D eigenvalue weighted by molar-refractivity contribution is -0.137. The maximum atomic E-state index is 13.6. The molecule has 3 aromatic rings. The van der Waals surface area contributed by atoms with Crippen LogP contribution in [0.2, 0.25) is 0 Å². The maximum Gasteiger partial charge on any atom is 0.421 e. The van der Waals surface area contributed by atoms with Crippen molar-refractivity contribution in [2.24, 2.45) is 5.14 Å². The fourth-order valence-electron chi connectivity index (χ4n) is 3.40. The molecule has 0 fully saturated rings. The fraction of sp³-hybridized carbons (Fsp3) is 0.250. The molecule has 35 heavy (non-hydrogen) atoms. The minimum atomic E-state index is -4.76. The summed E-state index contributed by atoms with van der Waals surface area (Å²) in [7, 11) is -3.94. The number of carbonyl (C=O) groups excluding carboxylic acids is 1. The molecule has 5 N–H and O–H groups in total. The SMILES string of the molecule is Cc1ncc(CNc2nc(Nc3ccc4c(c3)CC(=O)N4)ncc2C(F)(F)F)c(CS(N)(=O)=O)n1. The number of sulfonamides is 1. The topological polar surface area (TPSA) is 165 Å². The number of fused-ring (bicyclic) bond motifs is 1. The Balaban J connectivity index is 1.60. The third kappa shape index (κ3) is 5.99. The lowest BCUT2D eigenvalue weighted by Gasteiger charge is -2.16. The summed E-state index contributed by atoms with van der Waals surface area (Å²) in [5.74, 6) is -1.14. The van der Waals surface area contributed by atoms with Crippen LogP contribution in [0.15, 0.2) is 30.6 Å². The first-order valence-corrected chi connectivity index (χ1v) is 11.8. The quantitative estimate of drug-likeness (QED) is 0.374.